The maximum Gasteiger partial charge on any atom is 0.341 e. The van der Waals surface area contributed by atoms with E-state index in [1.807, 2.05) is 13.8 Å². The first-order valence-electron chi connectivity index (χ1n) is 6.05. The van der Waals surface area contributed by atoms with E-state index in [0.29, 0.717) is 30.0 Å². The van der Waals surface area contributed by atoms with E-state index in [1.165, 1.54) is 7.11 Å². The van der Waals surface area contributed by atoms with Gasteiger partial charge in [0, 0.05) is 25.3 Å². The molecule has 0 atom stereocenters. The number of anilines is 1. The second kappa shape index (κ2) is 6.43. The van der Waals surface area contributed by atoms with Gasteiger partial charge in [-0.2, -0.15) is 0 Å². The number of hydrogen-bond acceptors (Lipinski definition) is 5. The van der Waals surface area contributed by atoms with E-state index >= 15 is 0 Å². The van der Waals surface area contributed by atoms with Crippen LogP contribution in [0.1, 0.15) is 30.6 Å². The second-order valence-electron chi connectivity index (χ2n) is 4.81. The van der Waals surface area contributed by atoms with Gasteiger partial charge >= 0.3 is 5.97 Å². The summed E-state index contributed by atoms with van der Waals surface area (Å²) in [5.74, 6) is -0.0141. The normalized spacial score (nSPS) is 11.2. The number of hydrogen-bond donors (Lipinski definition) is 1. The summed E-state index contributed by atoms with van der Waals surface area (Å²) in [5.41, 5.74) is 6.33. The number of ether oxygens (including phenoxy) is 3. The zero-order valence-corrected chi connectivity index (χ0v) is 11.9. The summed E-state index contributed by atoms with van der Waals surface area (Å²) in [5, 5.41) is 0. The SMILES string of the molecule is COC(=O)c1ccc(N)cc1OCCC(C)(C)OC. The molecule has 0 fully saturated rings. The summed E-state index contributed by atoms with van der Waals surface area (Å²) < 4.78 is 15.6. The van der Waals surface area contributed by atoms with Crippen LogP contribution < -0.4 is 10.5 Å². The van der Waals surface area contributed by atoms with Crippen molar-refractivity contribution in [2.75, 3.05) is 26.6 Å². The van der Waals surface area contributed by atoms with Gasteiger partial charge in [-0.05, 0) is 26.0 Å². The average molecular weight is 267 g/mol. The topological polar surface area (TPSA) is 70.8 Å². The van der Waals surface area contributed by atoms with E-state index in [-0.39, 0.29) is 5.60 Å². The molecule has 0 saturated heterocycles. The van der Waals surface area contributed by atoms with Gasteiger partial charge in [0.15, 0.2) is 0 Å². The highest BCUT2D eigenvalue weighted by Crippen LogP contribution is 2.24. The Bertz CT molecular complexity index is 443. The van der Waals surface area contributed by atoms with E-state index in [4.69, 9.17) is 19.9 Å². The number of nitrogens with two attached hydrogens (primary N) is 1. The van der Waals surface area contributed by atoms with Crippen molar-refractivity contribution >= 4 is 11.7 Å². The molecule has 19 heavy (non-hydrogen) atoms. The Hall–Kier alpha value is -1.75. The molecule has 106 valence electrons. The number of carbonyl (C=O) groups is 1. The fourth-order valence-electron chi connectivity index (χ4n) is 1.45. The third kappa shape index (κ3) is 4.44. The van der Waals surface area contributed by atoms with E-state index in [2.05, 4.69) is 0 Å². The number of carbonyl (C=O) groups excluding carboxylic acids is 1. The maximum absolute atomic E-state index is 11.6. The molecular formula is C14H21NO4. The lowest BCUT2D eigenvalue weighted by Crippen LogP contribution is -2.25. The van der Waals surface area contributed by atoms with Crippen LogP contribution in [0, 0.1) is 0 Å². The molecule has 0 unspecified atom stereocenters. The molecule has 0 amide bonds. The molecule has 0 saturated carbocycles. The van der Waals surface area contributed by atoms with Crippen LogP contribution in [0.15, 0.2) is 18.2 Å². The van der Waals surface area contributed by atoms with E-state index in [9.17, 15) is 4.79 Å². The quantitative estimate of drug-likeness (QED) is 0.632. The highest BCUT2D eigenvalue weighted by molar-refractivity contribution is 5.93. The monoisotopic (exact) mass is 267 g/mol. The first-order valence-corrected chi connectivity index (χ1v) is 6.05. The number of methoxy groups -OCH3 is 2. The minimum absolute atomic E-state index is 0.272. The van der Waals surface area contributed by atoms with Crippen LogP contribution in [-0.4, -0.2) is 32.4 Å². The van der Waals surface area contributed by atoms with Crippen molar-refractivity contribution in [3.63, 3.8) is 0 Å². The summed E-state index contributed by atoms with van der Waals surface area (Å²) in [6.45, 7) is 4.36. The van der Waals surface area contributed by atoms with Gasteiger partial charge in [-0.25, -0.2) is 4.79 Å². The first kappa shape index (κ1) is 15.3. The second-order valence-corrected chi connectivity index (χ2v) is 4.81. The number of nitrogen functional groups attached to an aromatic ring is 1. The van der Waals surface area contributed by atoms with Crippen LogP contribution in [0.4, 0.5) is 5.69 Å². The molecule has 0 aliphatic rings. The van der Waals surface area contributed by atoms with Crippen LogP contribution in [0.25, 0.3) is 0 Å². The zero-order valence-electron chi connectivity index (χ0n) is 11.9. The zero-order chi connectivity index (χ0) is 14.5. The van der Waals surface area contributed by atoms with Gasteiger partial charge in [0.05, 0.1) is 19.3 Å². The molecule has 5 nitrogen and oxygen atoms in total. The molecule has 1 rings (SSSR count). The lowest BCUT2D eigenvalue weighted by atomic mass is 10.1. The molecular weight excluding hydrogens is 246 g/mol. The third-order valence-electron chi connectivity index (χ3n) is 2.93. The molecule has 0 aliphatic carbocycles. The highest BCUT2D eigenvalue weighted by atomic mass is 16.5. The molecule has 0 bridgehead atoms. The van der Waals surface area contributed by atoms with Crippen LogP contribution in [0.5, 0.6) is 5.75 Å². The molecule has 0 aliphatic heterocycles. The Morgan fingerprint density at radius 2 is 2.00 bits per heavy atom. The van der Waals surface area contributed by atoms with Gasteiger partial charge in [-0.1, -0.05) is 0 Å². The van der Waals surface area contributed by atoms with Crippen LogP contribution >= 0.6 is 0 Å². The van der Waals surface area contributed by atoms with E-state index in [1.54, 1.807) is 25.3 Å². The molecule has 1 aromatic rings. The highest BCUT2D eigenvalue weighted by Gasteiger charge is 2.18. The van der Waals surface area contributed by atoms with Crippen molar-refractivity contribution in [1.29, 1.82) is 0 Å². The Labute approximate surface area is 113 Å². The number of rotatable bonds is 6. The van der Waals surface area contributed by atoms with Crippen molar-refractivity contribution < 1.29 is 19.0 Å². The average Bonchev–Trinajstić information content (AvgIpc) is 2.38. The fraction of sp³-hybridized carbons (Fsp3) is 0.500. The molecule has 2 N–H and O–H groups in total. The maximum atomic E-state index is 11.6. The molecule has 0 aromatic heterocycles. The van der Waals surface area contributed by atoms with Crippen LogP contribution in [0.3, 0.4) is 0 Å². The number of esters is 1. The Morgan fingerprint density at radius 1 is 1.32 bits per heavy atom. The molecule has 1 aromatic carbocycles. The molecule has 0 radical (unpaired) electrons. The standard InChI is InChI=1S/C14H21NO4/c1-14(2,18-4)7-8-19-12-9-10(15)5-6-11(12)13(16)17-3/h5-6,9H,7-8,15H2,1-4H3. The fourth-order valence-corrected chi connectivity index (χ4v) is 1.45. The Balaban J connectivity index is 2.76. The van der Waals surface area contributed by atoms with Gasteiger partial charge in [0.2, 0.25) is 0 Å². The Morgan fingerprint density at radius 3 is 2.58 bits per heavy atom. The smallest absolute Gasteiger partial charge is 0.341 e. The van der Waals surface area contributed by atoms with Crippen molar-refractivity contribution in [2.45, 2.75) is 25.9 Å². The van der Waals surface area contributed by atoms with Crippen molar-refractivity contribution in [1.82, 2.24) is 0 Å². The van der Waals surface area contributed by atoms with Crippen LogP contribution in [0.2, 0.25) is 0 Å². The Kier molecular flexibility index (Phi) is 5.18. The summed E-state index contributed by atoms with van der Waals surface area (Å²) >= 11 is 0. The third-order valence-corrected chi connectivity index (χ3v) is 2.93. The van der Waals surface area contributed by atoms with Crippen molar-refractivity contribution in [3.05, 3.63) is 23.8 Å². The molecule has 0 heterocycles. The lowest BCUT2D eigenvalue weighted by Gasteiger charge is -2.23. The molecule has 5 heteroatoms. The number of benzene rings is 1. The largest absolute Gasteiger partial charge is 0.492 e. The minimum Gasteiger partial charge on any atom is -0.492 e. The van der Waals surface area contributed by atoms with Crippen molar-refractivity contribution in [2.24, 2.45) is 0 Å². The van der Waals surface area contributed by atoms with Gasteiger partial charge in [-0.3, -0.25) is 0 Å². The van der Waals surface area contributed by atoms with Gasteiger partial charge < -0.3 is 19.9 Å². The molecule has 0 spiro atoms. The summed E-state index contributed by atoms with van der Waals surface area (Å²) in [6.07, 6.45) is 0.693. The minimum atomic E-state index is -0.444. The lowest BCUT2D eigenvalue weighted by molar-refractivity contribution is 0.00536. The summed E-state index contributed by atoms with van der Waals surface area (Å²) in [6, 6.07) is 4.85. The van der Waals surface area contributed by atoms with Gasteiger partial charge in [0.25, 0.3) is 0 Å². The van der Waals surface area contributed by atoms with Crippen molar-refractivity contribution in [3.8, 4) is 5.75 Å². The van der Waals surface area contributed by atoms with E-state index in [0.717, 1.165) is 0 Å². The van der Waals surface area contributed by atoms with Gasteiger partial charge in [0.1, 0.15) is 11.3 Å². The predicted octanol–water partition coefficient (Wildman–Crippen LogP) is 2.25. The van der Waals surface area contributed by atoms with Gasteiger partial charge in [-0.15, -0.1) is 0 Å². The van der Waals surface area contributed by atoms with Crippen LogP contribution in [-0.2, 0) is 9.47 Å². The predicted molar refractivity (Wildman–Crippen MR) is 73.4 cm³/mol. The first-order chi connectivity index (χ1) is 8.89. The summed E-state index contributed by atoms with van der Waals surface area (Å²) in [4.78, 5) is 11.6. The summed E-state index contributed by atoms with van der Waals surface area (Å²) in [7, 11) is 2.98. The van der Waals surface area contributed by atoms with E-state index < -0.39 is 5.97 Å².